The maximum Gasteiger partial charge on any atom is 0.252 e. The van der Waals surface area contributed by atoms with Crippen LogP contribution in [0.2, 0.25) is 0 Å². The summed E-state index contributed by atoms with van der Waals surface area (Å²) in [6.07, 6.45) is 0. The molecule has 0 atom stereocenters. The van der Waals surface area contributed by atoms with Gasteiger partial charge >= 0.3 is 0 Å². The van der Waals surface area contributed by atoms with E-state index < -0.39 is 0 Å². The molecule has 328 valence electrons. The first-order valence-corrected chi connectivity index (χ1v) is 24.6. The zero-order chi connectivity index (χ0) is 46.1. The minimum absolute atomic E-state index is 0.0179. The highest BCUT2D eigenvalue weighted by molar-refractivity contribution is 7.26. The molecule has 0 fully saturated rings. The Labute approximate surface area is 402 Å². The van der Waals surface area contributed by atoms with E-state index in [1.807, 2.05) is 17.4 Å². The van der Waals surface area contributed by atoms with Crippen molar-refractivity contribution < 1.29 is 4.42 Å². The van der Waals surface area contributed by atoms with Gasteiger partial charge in [0.1, 0.15) is 11.2 Å². The molecule has 9 aromatic carbocycles. The molecule has 13 rings (SSSR count). The Morgan fingerprint density at radius 1 is 0.441 bits per heavy atom. The molecule has 2 aliphatic heterocycles. The van der Waals surface area contributed by atoms with Crippen LogP contribution in [0.25, 0.3) is 42.1 Å². The number of nitrogens with zero attached hydrogens (tertiary/aromatic N) is 3. The summed E-state index contributed by atoms with van der Waals surface area (Å²) in [5, 5.41) is 4.83. The smallest absolute Gasteiger partial charge is 0.252 e. The van der Waals surface area contributed by atoms with Crippen molar-refractivity contribution in [2.75, 3.05) is 14.7 Å². The average Bonchev–Trinajstić information content (AvgIpc) is 3.92. The molecular formula is C62H50BN3OS. The minimum atomic E-state index is -0.0303. The first kappa shape index (κ1) is 40.7. The molecule has 0 spiro atoms. The molecule has 4 heterocycles. The lowest BCUT2D eigenvalue weighted by atomic mass is 9.33. The van der Waals surface area contributed by atoms with Gasteiger partial charge in [0.25, 0.3) is 6.71 Å². The predicted molar refractivity (Wildman–Crippen MR) is 293 cm³/mol. The monoisotopic (exact) mass is 895 g/mol. The van der Waals surface area contributed by atoms with E-state index >= 15 is 0 Å². The standard InChI is InChI=1S/C62H50BN3OS/c1-61(2,3)39-23-27-42(28-24-39)65-51-19-14-20-52-59(51)63(50-34-36-57-58(47-18-11-13-22-56(47)68-57)60(50)66(52)43-29-25-40(26-30-43)62(4,5)6)49-33-31-45(38-53(49)65)64(41-15-8-7-9-16-41)44-32-35-55-48(37-44)46-17-10-12-21-54(46)67-55/h7-38H,1-6H3. The molecule has 0 radical (unpaired) electrons. The van der Waals surface area contributed by atoms with Gasteiger partial charge in [-0.3, -0.25) is 0 Å². The van der Waals surface area contributed by atoms with Gasteiger partial charge in [-0.05, 0) is 135 Å². The number of anilines is 9. The van der Waals surface area contributed by atoms with E-state index in [0.29, 0.717) is 0 Å². The number of hydrogen-bond acceptors (Lipinski definition) is 5. The molecule has 0 unspecified atom stereocenters. The highest BCUT2D eigenvalue weighted by Crippen LogP contribution is 2.50. The lowest BCUT2D eigenvalue weighted by Gasteiger charge is -2.44. The van der Waals surface area contributed by atoms with E-state index in [1.54, 1.807) is 0 Å². The maximum absolute atomic E-state index is 6.34. The number of furan rings is 1. The average molecular weight is 896 g/mol. The zero-order valence-corrected chi connectivity index (χ0v) is 40.0. The number of rotatable bonds is 5. The Kier molecular flexibility index (Phi) is 8.97. The van der Waals surface area contributed by atoms with Crippen LogP contribution in [0, 0.1) is 0 Å². The molecule has 0 N–H and O–H groups in total. The van der Waals surface area contributed by atoms with E-state index in [9.17, 15) is 0 Å². The molecule has 4 nitrogen and oxygen atoms in total. The molecule has 0 saturated heterocycles. The zero-order valence-electron chi connectivity index (χ0n) is 39.2. The summed E-state index contributed by atoms with van der Waals surface area (Å²) in [5.74, 6) is 0. The van der Waals surface area contributed by atoms with Gasteiger partial charge < -0.3 is 19.1 Å². The van der Waals surface area contributed by atoms with Crippen LogP contribution >= 0.6 is 11.3 Å². The lowest BCUT2D eigenvalue weighted by molar-refractivity contribution is 0.590. The molecule has 0 aliphatic carbocycles. The van der Waals surface area contributed by atoms with Crippen LogP contribution in [0.3, 0.4) is 0 Å². The fourth-order valence-electron chi connectivity index (χ4n) is 11.0. The fourth-order valence-corrected chi connectivity index (χ4v) is 12.1. The second kappa shape index (κ2) is 15.0. The van der Waals surface area contributed by atoms with Gasteiger partial charge in [-0.2, -0.15) is 0 Å². The SMILES string of the molecule is CC(C)(C)c1ccc(N2c3cc(N(c4ccccc4)c4ccc5oc6ccccc6c5c4)ccc3B3c4ccc5sc6ccccc6c5c4N(c4ccc(C(C)(C)C)cc4)c4cccc2c43)cc1. The molecule has 11 aromatic rings. The lowest BCUT2D eigenvalue weighted by Crippen LogP contribution is -2.61. The Morgan fingerprint density at radius 3 is 1.75 bits per heavy atom. The quantitative estimate of drug-likeness (QED) is 0.161. The summed E-state index contributed by atoms with van der Waals surface area (Å²) in [7, 11) is 0. The van der Waals surface area contributed by atoms with Gasteiger partial charge in [-0.1, -0.05) is 139 Å². The van der Waals surface area contributed by atoms with Crippen molar-refractivity contribution in [3.05, 3.63) is 205 Å². The van der Waals surface area contributed by atoms with Gasteiger partial charge in [0, 0.05) is 76.4 Å². The van der Waals surface area contributed by atoms with Crippen LogP contribution < -0.4 is 31.1 Å². The third kappa shape index (κ3) is 6.27. The third-order valence-electron chi connectivity index (χ3n) is 14.4. The fraction of sp³-hybridized carbons (Fsp3) is 0.129. The van der Waals surface area contributed by atoms with Crippen molar-refractivity contribution in [2.45, 2.75) is 52.4 Å². The number of benzene rings is 9. The Balaban J connectivity index is 1.08. The molecule has 0 bridgehead atoms. The van der Waals surface area contributed by atoms with Crippen molar-refractivity contribution in [2.24, 2.45) is 0 Å². The predicted octanol–water partition coefficient (Wildman–Crippen LogP) is 16.1. The van der Waals surface area contributed by atoms with Crippen LogP contribution in [0.5, 0.6) is 0 Å². The second-order valence-corrected chi connectivity index (χ2v) is 21.7. The van der Waals surface area contributed by atoms with E-state index in [-0.39, 0.29) is 17.5 Å². The van der Waals surface area contributed by atoms with E-state index in [2.05, 4.69) is 244 Å². The normalized spacial score (nSPS) is 13.4. The van der Waals surface area contributed by atoms with Crippen LogP contribution in [-0.2, 0) is 10.8 Å². The summed E-state index contributed by atoms with van der Waals surface area (Å²) in [6.45, 7) is 13.7. The minimum Gasteiger partial charge on any atom is -0.456 e. The maximum atomic E-state index is 6.34. The van der Waals surface area contributed by atoms with Crippen molar-refractivity contribution in [1.29, 1.82) is 0 Å². The van der Waals surface area contributed by atoms with Gasteiger partial charge in [0.15, 0.2) is 0 Å². The van der Waals surface area contributed by atoms with Gasteiger partial charge in [0.05, 0.1) is 5.69 Å². The van der Waals surface area contributed by atoms with Crippen molar-refractivity contribution in [3.8, 4) is 0 Å². The van der Waals surface area contributed by atoms with Crippen molar-refractivity contribution in [3.63, 3.8) is 0 Å². The summed E-state index contributed by atoms with van der Waals surface area (Å²) in [4.78, 5) is 7.50. The van der Waals surface area contributed by atoms with Crippen LogP contribution in [0.1, 0.15) is 52.7 Å². The molecule has 6 heteroatoms. The Morgan fingerprint density at radius 2 is 1.03 bits per heavy atom. The summed E-state index contributed by atoms with van der Waals surface area (Å²) in [6, 6.07) is 72.2. The molecule has 0 saturated carbocycles. The number of thiophene rings is 1. The summed E-state index contributed by atoms with van der Waals surface area (Å²) in [5.41, 5.74) is 18.7. The second-order valence-electron chi connectivity index (χ2n) is 20.6. The largest absolute Gasteiger partial charge is 0.456 e. The number of fused-ring (bicyclic) bond motifs is 11. The third-order valence-corrected chi connectivity index (χ3v) is 15.5. The summed E-state index contributed by atoms with van der Waals surface area (Å²) >= 11 is 1.89. The first-order chi connectivity index (χ1) is 33.0. The van der Waals surface area contributed by atoms with Crippen molar-refractivity contribution in [1.82, 2.24) is 0 Å². The Bertz CT molecular complexity index is 3780. The molecule has 2 aliphatic rings. The molecule has 0 amide bonds. The first-order valence-electron chi connectivity index (χ1n) is 23.8. The highest BCUT2D eigenvalue weighted by Gasteiger charge is 2.44. The molecule has 68 heavy (non-hydrogen) atoms. The topological polar surface area (TPSA) is 22.9 Å². The van der Waals surface area contributed by atoms with Crippen LogP contribution in [0.4, 0.5) is 51.2 Å². The van der Waals surface area contributed by atoms with Gasteiger partial charge in [-0.15, -0.1) is 11.3 Å². The highest BCUT2D eigenvalue weighted by atomic mass is 32.1. The van der Waals surface area contributed by atoms with E-state index in [1.165, 1.54) is 70.4 Å². The van der Waals surface area contributed by atoms with Gasteiger partial charge in [-0.25, -0.2) is 0 Å². The van der Waals surface area contributed by atoms with E-state index in [4.69, 9.17) is 4.42 Å². The number of para-hydroxylation sites is 2. The van der Waals surface area contributed by atoms with E-state index in [0.717, 1.165) is 50.4 Å². The molecular weight excluding hydrogens is 846 g/mol. The number of hydrogen-bond donors (Lipinski definition) is 0. The molecule has 2 aromatic heterocycles. The summed E-state index contributed by atoms with van der Waals surface area (Å²) < 4.78 is 8.94. The van der Waals surface area contributed by atoms with Crippen molar-refractivity contribution >= 4 is 128 Å². The van der Waals surface area contributed by atoms with Crippen LogP contribution in [-0.4, -0.2) is 6.71 Å². The Hall–Kier alpha value is -7.54. The van der Waals surface area contributed by atoms with Crippen LogP contribution in [0.15, 0.2) is 199 Å². The van der Waals surface area contributed by atoms with Gasteiger partial charge in [0.2, 0.25) is 0 Å².